The predicted molar refractivity (Wildman–Crippen MR) is 84.2 cm³/mol. The summed E-state index contributed by atoms with van der Waals surface area (Å²) in [5.41, 5.74) is 0.527. The molecule has 126 valence electrons. The molecule has 1 aromatic rings. The average molecular weight is 322 g/mol. The van der Waals surface area contributed by atoms with E-state index in [4.69, 9.17) is 0 Å². The summed E-state index contributed by atoms with van der Waals surface area (Å²) in [6.07, 6.45) is 3.15. The second-order valence-electron chi connectivity index (χ2n) is 7.18. The molecule has 4 aliphatic heterocycles. The number of nitrogens with zero attached hydrogens (tertiary/aromatic N) is 2. The Morgan fingerprint density at radius 1 is 1.13 bits per heavy atom. The smallest absolute Gasteiger partial charge is 0.162 e. The highest BCUT2D eigenvalue weighted by Crippen LogP contribution is 2.47. The van der Waals surface area contributed by atoms with Crippen molar-refractivity contribution in [3.63, 3.8) is 0 Å². The second-order valence-corrected chi connectivity index (χ2v) is 7.18. The van der Waals surface area contributed by atoms with Crippen LogP contribution in [0.1, 0.15) is 30.7 Å². The van der Waals surface area contributed by atoms with Crippen LogP contribution >= 0.6 is 0 Å². The van der Waals surface area contributed by atoms with E-state index in [0.717, 1.165) is 32.6 Å². The summed E-state index contributed by atoms with van der Waals surface area (Å²) in [6.45, 7) is 3.94. The lowest BCUT2D eigenvalue weighted by Crippen LogP contribution is -2.60. The number of likely N-dealkylation sites (tertiary alicyclic amines) is 1. The number of fused-ring (bicyclic) bond motifs is 2. The van der Waals surface area contributed by atoms with Crippen molar-refractivity contribution in [1.29, 1.82) is 0 Å². The minimum absolute atomic E-state index is 0.0255. The zero-order chi connectivity index (χ0) is 16.0. The first-order valence-electron chi connectivity index (χ1n) is 8.73. The van der Waals surface area contributed by atoms with Crippen LogP contribution in [0, 0.1) is 17.6 Å². The average Bonchev–Trinajstić information content (AvgIpc) is 2.98. The zero-order valence-electron chi connectivity index (χ0n) is 13.3. The predicted octanol–water partition coefficient (Wildman–Crippen LogP) is 2.21. The van der Waals surface area contributed by atoms with Gasteiger partial charge in [-0.3, -0.25) is 9.80 Å². The van der Waals surface area contributed by atoms with Crippen LogP contribution in [0.3, 0.4) is 0 Å². The Balaban J connectivity index is 1.68. The topological polar surface area (TPSA) is 26.7 Å². The van der Waals surface area contributed by atoms with Crippen LogP contribution in [-0.2, 0) is 0 Å². The van der Waals surface area contributed by atoms with Crippen molar-refractivity contribution < 1.29 is 13.9 Å². The third-order valence-electron chi connectivity index (χ3n) is 6.08. The van der Waals surface area contributed by atoms with Gasteiger partial charge in [-0.1, -0.05) is 12.1 Å². The first-order chi connectivity index (χ1) is 11.2. The Kier molecular flexibility index (Phi) is 4.12. The minimum Gasteiger partial charge on any atom is -0.396 e. The van der Waals surface area contributed by atoms with Crippen LogP contribution in [0.2, 0.25) is 0 Å². The maximum atomic E-state index is 14.4. The largest absolute Gasteiger partial charge is 0.396 e. The number of rotatable bonds is 4. The second kappa shape index (κ2) is 6.11. The molecule has 0 spiro atoms. The van der Waals surface area contributed by atoms with Crippen molar-refractivity contribution in [2.24, 2.45) is 5.92 Å². The molecule has 4 aliphatic rings. The standard InChI is InChI=1S/C18H24F2N2O/c19-15-4-1-3-13(16(15)20)14-11-22(7-2-10-23)17-12-5-8-21(9-6-12)18(14)17/h1,3-4,12,14,17-18,23H,2,5-11H2/t14-,17+,18+/m1/s1. The molecule has 3 atom stereocenters. The van der Waals surface area contributed by atoms with Gasteiger partial charge in [-0.25, -0.2) is 8.78 Å². The van der Waals surface area contributed by atoms with E-state index in [0.29, 0.717) is 17.5 Å². The van der Waals surface area contributed by atoms with Crippen LogP contribution in [0.5, 0.6) is 0 Å². The highest BCUT2D eigenvalue weighted by atomic mass is 19.2. The van der Waals surface area contributed by atoms with Crippen LogP contribution < -0.4 is 0 Å². The Labute approximate surface area is 135 Å². The summed E-state index contributed by atoms with van der Waals surface area (Å²) < 4.78 is 28.1. The van der Waals surface area contributed by atoms with Gasteiger partial charge in [0.15, 0.2) is 11.6 Å². The van der Waals surface area contributed by atoms with Crippen molar-refractivity contribution >= 4 is 0 Å². The van der Waals surface area contributed by atoms with Gasteiger partial charge in [0.2, 0.25) is 0 Å². The molecule has 0 unspecified atom stereocenters. The van der Waals surface area contributed by atoms with E-state index >= 15 is 0 Å². The summed E-state index contributed by atoms with van der Waals surface area (Å²) in [4.78, 5) is 4.91. The van der Waals surface area contributed by atoms with E-state index < -0.39 is 11.6 Å². The lowest BCUT2D eigenvalue weighted by molar-refractivity contribution is -0.00777. The third kappa shape index (κ3) is 2.49. The van der Waals surface area contributed by atoms with Gasteiger partial charge in [-0.05, 0) is 49.9 Å². The Bertz CT molecular complexity index is 574. The molecule has 2 bridgehead atoms. The molecule has 4 heterocycles. The quantitative estimate of drug-likeness (QED) is 0.921. The Morgan fingerprint density at radius 2 is 1.91 bits per heavy atom. The van der Waals surface area contributed by atoms with Gasteiger partial charge < -0.3 is 5.11 Å². The van der Waals surface area contributed by atoms with E-state index in [1.54, 1.807) is 12.1 Å². The van der Waals surface area contributed by atoms with Gasteiger partial charge in [0, 0.05) is 37.7 Å². The maximum Gasteiger partial charge on any atom is 0.162 e. The molecule has 5 rings (SSSR count). The zero-order valence-corrected chi connectivity index (χ0v) is 13.3. The summed E-state index contributed by atoms with van der Waals surface area (Å²) in [7, 11) is 0. The number of halogens is 2. The minimum atomic E-state index is -0.746. The monoisotopic (exact) mass is 322 g/mol. The fourth-order valence-electron chi connectivity index (χ4n) is 5.15. The molecule has 0 aliphatic carbocycles. The molecule has 0 amide bonds. The Hall–Kier alpha value is -1.04. The van der Waals surface area contributed by atoms with E-state index in [9.17, 15) is 13.9 Å². The van der Waals surface area contributed by atoms with Crippen molar-refractivity contribution in [1.82, 2.24) is 9.80 Å². The molecular formula is C18H24F2N2O. The number of aliphatic hydroxyl groups excluding tert-OH is 1. The highest BCUT2D eigenvalue weighted by molar-refractivity contribution is 5.29. The summed E-state index contributed by atoms with van der Waals surface area (Å²) in [5, 5.41) is 9.17. The summed E-state index contributed by atoms with van der Waals surface area (Å²) in [5.74, 6) is -0.741. The highest BCUT2D eigenvalue weighted by Gasteiger charge is 2.53. The number of piperidine rings is 3. The maximum absolute atomic E-state index is 14.4. The lowest BCUT2D eigenvalue weighted by atomic mass is 9.75. The van der Waals surface area contributed by atoms with Crippen LogP contribution in [-0.4, -0.2) is 59.8 Å². The first-order valence-corrected chi connectivity index (χ1v) is 8.73. The number of hydrogen-bond donors (Lipinski definition) is 1. The van der Waals surface area contributed by atoms with Crippen LogP contribution in [0.4, 0.5) is 8.78 Å². The number of benzene rings is 1. The first kappa shape index (κ1) is 15.5. The molecule has 0 saturated carbocycles. The van der Waals surface area contributed by atoms with E-state index in [1.165, 1.54) is 18.9 Å². The molecule has 1 N–H and O–H groups in total. The summed E-state index contributed by atoms with van der Waals surface area (Å²) in [6, 6.07) is 5.28. The molecule has 1 aromatic carbocycles. The lowest BCUT2D eigenvalue weighted by Gasteiger charge is -2.51. The molecule has 0 aromatic heterocycles. The van der Waals surface area contributed by atoms with Crippen molar-refractivity contribution in [3.05, 3.63) is 35.4 Å². The molecule has 23 heavy (non-hydrogen) atoms. The van der Waals surface area contributed by atoms with Crippen molar-refractivity contribution in [2.75, 3.05) is 32.8 Å². The molecule has 5 heteroatoms. The van der Waals surface area contributed by atoms with Crippen LogP contribution in [0.25, 0.3) is 0 Å². The van der Waals surface area contributed by atoms with Crippen molar-refractivity contribution in [2.45, 2.75) is 37.3 Å². The van der Waals surface area contributed by atoms with Gasteiger partial charge in [0.25, 0.3) is 0 Å². The van der Waals surface area contributed by atoms with Gasteiger partial charge in [-0.2, -0.15) is 0 Å². The fourth-order valence-corrected chi connectivity index (χ4v) is 5.15. The number of aliphatic hydroxyl groups is 1. The molecule has 4 saturated heterocycles. The Morgan fingerprint density at radius 3 is 2.65 bits per heavy atom. The fraction of sp³-hybridized carbons (Fsp3) is 0.667. The normalized spacial score (nSPS) is 36.4. The summed E-state index contributed by atoms with van der Waals surface area (Å²) >= 11 is 0. The molecule has 0 radical (unpaired) electrons. The van der Waals surface area contributed by atoms with Gasteiger partial charge in [-0.15, -0.1) is 0 Å². The van der Waals surface area contributed by atoms with Gasteiger partial charge >= 0.3 is 0 Å². The molecular weight excluding hydrogens is 298 g/mol. The number of hydrogen-bond acceptors (Lipinski definition) is 3. The van der Waals surface area contributed by atoms with Crippen molar-refractivity contribution in [3.8, 4) is 0 Å². The SMILES string of the molecule is OCCCN1C[C@H](c2cccc(F)c2F)[C@H]2[C@@H]1C1CCN2CC1. The van der Waals surface area contributed by atoms with E-state index in [2.05, 4.69) is 9.80 Å². The van der Waals surface area contributed by atoms with Crippen LogP contribution in [0.15, 0.2) is 18.2 Å². The van der Waals surface area contributed by atoms with E-state index in [1.807, 2.05) is 0 Å². The van der Waals surface area contributed by atoms with Gasteiger partial charge in [0.05, 0.1) is 0 Å². The molecule has 3 nitrogen and oxygen atoms in total. The van der Waals surface area contributed by atoms with E-state index in [-0.39, 0.29) is 18.6 Å². The third-order valence-corrected chi connectivity index (χ3v) is 6.08. The molecule has 4 fully saturated rings. The van der Waals surface area contributed by atoms with Gasteiger partial charge in [0.1, 0.15) is 0 Å².